The Balaban J connectivity index is 1.78. The van der Waals surface area contributed by atoms with Gasteiger partial charge in [-0.2, -0.15) is 5.10 Å². The minimum absolute atomic E-state index is 0.0114. The molecule has 7 nitrogen and oxygen atoms in total. The van der Waals surface area contributed by atoms with Crippen LogP contribution >= 0.6 is 0 Å². The highest BCUT2D eigenvalue weighted by molar-refractivity contribution is 5.95. The molecule has 3 heterocycles. The molecule has 7 heteroatoms. The molecule has 1 amide bonds. The first-order chi connectivity index (χ1) is 10.3. The Kier molecular flexibility index (Phi) is 3.89. The van der Waals surface area contributed by atoms with E-state index in [9.17, 15) is 4.79 Å². The zero-order chi connectivity index (χ0) is 14.7. The topological polar surface area (TPSA) is 76.8 Å². The van der Waals surface area contributed by atoms with Crippen LogP contribution in [0.15, 0.2) is 25.2 Å². The lowest BCUT2D eigenvalue weighted by Gasteiger charge is -2.32. The molecule has 0 N–H and O–H groups in total. The van der Waals surface area contributed by atoms with Gasteiger partial charge in [-0.1, -0.05) is 6.92 Å². The Labute approximate surface area is 123 Å². The summed E-state index contributed by atoms with van der Waals surface area (Å²) in [4.78, 5) is 26.7. The zero-order valence-electron chi connectivity index (χ0n) is 12.0. The molecule has 0 radical (unpaired) electrons. The molecule has 0 aliphatic carbocycles. The number of aryl methyl sites for hydroxylation is 1. The normalized spacial score (nSPS) is 18.7. The van der Waals surface area contributed by atoms with Crippen LogP contribution in [0.4, 0.5) is 0 Å². The lowest BCUT2D eigenvalue weighted by Crippen LogP contribution is -2.41. The maximum absolute atomic E-state index is 12.7. The number of nitrogens with zero attached hydrogens (tertiary/aromatic N) is 6. The van der Waals surface area contributed by atoms with E-state index in [4.69, 9.17) is 0 Å². The van der Waals surface area contributed by atoms with Crippen LogP contribution < -0.4 is 0 Å². The van der Waals surface area contributed by atoms with Gasteiger partial charge in [0, 0.05) is 19.3 Å². The summed E-state index contributed by atoms with van der Waals surface area (Å²) in [5.41, 5.74) is 1.41. The largest absolute Gasteiger partial charge is 0.336 e. The van der Waals surface area contributed by atoms with Crippen LogP contribution in [0.5, 0.6) is 0 Å². The maximum atomic E-state index is 12.7. The first-order valence-corrected chi connectivity index (χ1v) is 7.22. The number of carbonyl (C=O) groups excluding carboxylic acids is 1. The maximum Gasteiger partial charge on any atom is 0.257 e. The predicted octanol–water partition coefficient (Wildman–Crippen LogP) is 1.11. The zero-order valence-corrected chi connectivity index (χ0v) is 12.0. The molecule has 1 aliphatic heterocycles. The smallest absolute Gasteiger partial charge is 0.257 e. The summed E-state index contributed by atoms with van der Waals surface area (Å²) in [6.45, 7) is 3.41. The van der Waals surface area contributed by atoms with Crippen molar-refractivity contribution in [2.75, 3.05) is 13.1 Å². The average molecular weight is 286 g/mol. The fourth-order valence-corrected chi connectivity index (χ4v) is 2.75. The monoisotopic (exact) mass is 286 g/mol. The molecule has 2 aromatic heterocycles. The van der Waals surface area contributed by atoms with Crippen molar-refractivity contribution in [3.63, 3.8) is 0 Å². The van der Waals surface area contributed by atoms with Gasteiger partial charge in [-0.3, -0.25) is 4.79 Å². The van der Waals surface area contributed by atoms with Crippen molar-refractivity contribution in [1.82, 2.24) is 29.6 Å². The molecule has 0 spiro atoms. The third-order valence-electron chi connectivity index (χ3n) is 3.85. The van der Waals surface area contributed by atoms with Crippen molar-refractivity contribution in [2.45, 2.75) is 32.2 Å². The molecule has 21 heavy (non-hydrogen) atoms. The Hall–Kier alpha value is -2.31. The number of carbonyl (C=O) groups is 1. The number of aromatic nitrogens is 5. The van der Waals surface area contributed by atoms with Gasteiger partial charge in [-0.05, 0) is 19.3 Å². The summed E-state index contributed by atoms with van der Waals surface area (Å²) in [5, 5.41) is 4.18. The molecular weight excluding hydrogens is 268 g/mol. The van der Waals surface area contributed by atoms with E-state index in [1.807, 2.05) is 16.5 Å². The minimum Gasteiger partial charge on any atom is -0.336 e. The first-order valence-electron chi connectivity index (χ1n) is 7.22. The van der Waals surface area contributed by atoms with Crippen molar-refractivity contribution in [2.24, 2.45) is 0 Å². The Morgan fingerprint density at radius 2 is 2.29 bits per heavy atom. The second-order valence-corrected chi connectivity index (χ2v) is 5.16. The Morgan fingerprint density at radius 1 is 1.38 bits per heavy atom. The third kappa shape index (κ3) is 2.76. The minimum atomic E-state index is 0.0114. The van der Waals surface area contributed by atoms with E-state index in [1.54, 1.807) is 12.5 Å². The van der Waals surface area contributed by atoms with Crippen LogP contribution in [0.2, 0.25) is 0 Å². The Bertz CT molecular complexity index is 612. The highest BCUT2D eigenvalue weighted by atomic mass is 16.2. The number of hydrogen-bond donors (Lipinski definition) is 0. The molecular formula is C14H18N6O. The van der Waals surface area contributed by atoms with Crippen molar-refractivity contribution in [3.05, 3.63) is 36.4 Å². The van der Waals surface area contributed by atoms with Crippen LogP contribution in [0.1, 0.15) is 41.9 Å². The summed E-state index contributed by atoms with van der Waals surface area (Å²) in [6, 6.07) is 0.194. The van der Waals surface area contributed by atoms with Crippen LogP contribution in [-0.2, 0) is 6.42 Å². The quantitative estimate of drug-likeness (QED) is 0.844. The molecule has 2 aromatic rings. The average Bonchev–Trinajstić information content (AvgIpc) is 3.09. The molecule has 0 saturated carbocycles. The third-order valence-corrected chi connectivity index (χ3v) is 3.85. The fraction of sp³-hybridized carbons (Fsp3) is 0.500. The molecule has 1 fully saturated rings. The van der Waals surface area contributed by atoms with E-state index in [2.05, 4.69) is 20.1 Å². The first kappa shape index (κ1) is 13.7. The van der Waals surface area contributed by atoms with Gasteiger partial charge in [0.2, 0.25) is 0 Å². The van der Waals surface area contributed by atoms with Crippen LogP contribution in [-0.4, -0.2) is 48.6 Å². The summed E-state index contributed by atoms with van der Waals surface area (Å²) < 4.78 is 1.83. The van der Waals surface area contributed by atoms with Crippen molar-refractivity contribution >= 4 is 5.91 Å². The number of likely N-dealkylation sites (tertiary alicyclic amines) is 1. The number of rotatable bonds is 3. The van der Waals surface area contributed by atoms with Gasteiger partial charge < -0.3 is 4.90 Å². The number of hydrogen-bond acceptors (Lipinski definition) is 5. The van der Waals surface area contributed by atoms with E-state index in [0.717, 1.165) is 31.5 Å². The molecule has 0 unspecified atom stereocenters. The Morgan fingerprint density at radius 3 is 3.05 bits per heavy atom. The molecule has 0 bridgehead atoms. The lowest BCUT2D eigenvalue weighted by molar-refractivity contribution is 0.0670. The van der Waals surface area contributed by atoms with Crippen molar-refractivity contribution < 1.29 is 4.79 Å². The van der Waals surface area contributed by atoms with E-state index in [1.165, 1.54) is 12.7 Å². The van der Waals surface area contributed by atoms with Crippen molar-refractivity contribution in [1.29, 1.82) is 0 Å². The van der Waals surface area contributed by atoms with Crippen molar-refractivity contribution in [3.8, 4) is 0 Å². The number of amides is 1. The van der Waals surface area contributed by atoms with Gasteiger partial charge in [0.25, 0.3) is 5.91 Å². The van der Waals surface area contributed by atoms with Gasteiger partial charge in [0.05, 0.1) is 17.3 Å². The summed E-state index contributed by atoms with van der Waals surface area (Å²) in [6.07, 6.45) is 9.05. The second kappa shape index (κ2) is 5.99. The highest BCUT2D eigenvalue weighted by Crippen LogP contribution is 2.22. The molecule has 3 rings (SSSR count). The molecule has 1 saturated heterocycles. The standard InChI is InChI=1S/C14H18N6O/c1-2-13-12(6-15-8-17-13)14(21)19-5-3-4-11(7-19)20-10-16-9-18-20/h6,8-11H,2-5,7H2,1H3/t11-/m1/s1. The van der Waals surface area contributed by atoms with Crippen LogP contribution in [0.3, 0.4) is 0 Å². The molecule has 1 atom stereocenters. The van der Waals surface area contributed by atoms with E-state index >= 15 is 0 Å². The fourth-order valence-electron chi connectivity index (χ4n) is 2.75. The summed E-state index contributed by atoms with van der Waals surface area (Å²) >= 11 is 0. The van der Waals surface area contributed by atoms with Crippen LogP contribution in [0, 0.1) is 0 Å². The summed E-state index contributed by atoms with van der Waals surface area (Å²) in [7, 11) is 0. The number of piperidine rings is 1. The SMILES string of the molecule is CCc1ncncc1C(=O)N1CCC[C@@H](n2cncn2)C1. The lowest BCUT2D eigenvalue weighted by atomic mass is 10.0. The van der Waals surface area contributed by atoms with Gasteiger partial charge >= 0.3 is 0 Å². The summed E-state index contributed by atoms with van der Waals surface area (Å²) in [5.74, 6) is 0.0114. The van der Waals surface area contributed by atoms with E-state index in [-0.39, 0.29) is 11.9 Å². The van der Waals surface area contributed by atoms with E-state index in [0.29, 0.717) is 12.1 Å². The van der Waals surface area contributed by atoms with Gasteiger partial charge in [-0.25, -0.2) is 19.6 Å². The van der Waals surface area contributed by atoms with E-state index < -0.39 is 0 Å². The molecule has 0 aromatic carbocycles. The molecule has 110 valence electrons. The van der Waals surface area contributed by atoms with Crippen LogP contribution in [0.25, 0.3) is 0 Å². The van der Waals surface area contributed by atoms with Gasteiger partial charge in [0.1, 0.15) is 19.0 Å². The predicted molar refractivity (Wildman–Crippen MR) is 75.6 cm³/mol. The highest BCUT2D eigenvalue weighted by Gasteiger charge is 2.27. The molecule has 1 aliphatic rings. The van der Waals surface area contributed by atoms with Gasteiger partial charge in [-0.15, -0.1) is 0 Å². The van der Waals surface area contributed by atoms with Gasteiger partial charge in [0.15, 0.2) is 0 Å². The second-order valence-electron chi connectivity index (χ2n) is 5.16.